The third-order valence-corrected chi connectivity index (χ3v) is 4.36. The number of nitrogens with zero attached hydrogens (tertiary/aromatic N) is 3. The second-order valence-corrected chi connectivity index (χ2v) is 5.56. The van der Waals surface area contributed by atoms with Crippen molar-refractivity contribution in [3.05, 3.63) is 0 Å². The van der Waals surface area contributed by atoms with Gasteiger partial charge < -0.3 is 10.2 Å². The Morgan fingerprint density at radius 2 is 1.84 bits per heavy atom. The quantitative estimate of drug-likeness (QED) is 0.630. The van der Waals surface area contributed by atoms with Crippen LogP contribution in [0.3, 0.4) is 0 Å². The average molecular weight is 270 g/mol. The van der Waals surface area contributed by atoms with E-state index in [0.29, 0.717) is 0 Å². The Balaban J connectivity index is 2.04. The van der Waals surface area contributed by atoms with Gasteiger partial charge in [0.2, 0.25) is 0 Å². The van der Waals surface area contributed by atoms with Crippen LogP contribution in [-0.4, -0.2) is 86.2 Å². The predicted molar refractivity (Wildman–Crippen MR) is 83.8 cm³/mol. The van der Waals surface area contributed by atoms with Gasteiger partial charge in [0.1, 0.15) is 0 Å². The van der Waals surface area contributed by atoms with Gasteiger partial charge in [-0.1, -0.05) is 20.8 Å². The molecule has 0 spiro atoms. The molecule has 0 saturated carbocycles. The van der Waals surface area contributed by atoms with E-state index >= 15 is 0 Å². The summed E-state index contributed by atoms with van der Waals surface area (Å²) in [6.07, 6.45) is 0. The minimum absolute atomic E-state index is 0.717. The second kappa shape index (κ2) is 9.70. The smallest absolute Gasteiger partial charge is 0.0195 e. The molecule has 0 aromatic carbocycles. The van der Waals surface area contributed by atoms with Crippen LogP contribution in [0.2, 0.25) is 0 Å². The minimum Gasteiger partial charge on any atom is -0.314 e. The lowest BCUT2D eigenvalue weighted by atomic mass is 10.2. The zero-order valence-electron chi connectivity index (χ0n) is 13.5. The molecule has 114 valence electrons. The first-order chi connectivity index (χ1) is 9.21. The van der Waals surface area contributed by atoms with E-state index in [2.05, 4.69) is 47.7 Å². The molecule has 19 heavy (non-hydrogen) atoms. The molecule has 0 radical (unpaired) electrons. The molecule has 1 atom stereocenters. The molecule has 1 aliphatic rings. The standard InChI is InChI=1S/C15H34N4/c1-5-17(6-2)10-8-16-9-11-18-12-13-19(7-3)15(4)14-18/h15-16H,5-14H2,1-4H3. The van der Waals surface area contributed by atoms with Crippen LogP contribution in [0.5, 0.6) is 0 Å². The van der Waals surface area contributed by atoms with E-state index in [4.69, 9.17) is 0 Å². The molecular weight excluding hydrogens is 236 g/mol. The van der Waals surface area contributed by atoms with E-state index in [-0.39, 0.29) is 0 Å². The van der Waals surface area contributed by atoms with E-state index in [1.54, 1.807) is 0 Å². The van der Waals surface area contributed by atoms with Crippen molar-refractivity contribution in [3.8, 4) is 0 Å². The lowest BCUT2D eigenvalue weighted by Gasteiger charge is -2.39. The van der Waals surface area contributed by atoms with Gasteiger partial charge in [-0.2, -0.15) is 0 Å². The summed E-state index contributed by atoms with van der Waals surface area (Å²) in [6, 6.07) is 0.717. The van der Waals surface area contributed by atoms with E-state index < -0.39 is 0 Å². The monoisotopic (exact) mass is 270 g/mol. The third kappa shape index (κ3) is 6.21. The number of rotatable bonds is 9. The molecular formula is C15H34N4. The van der Waals surface area contributed by atoms with Gasteiger partial charge >= 0.3 is 0 Å². The maximum atomic E-state index is 3.57. The Bertz CT molecular complexity index is 218. The van der Waals surface area contributed by atoms with Crippen molar-refractivity contribution in [2.24, 2.45) is 0 Å². The molecule has 1 saturated heterocycles. The van der Waals surface area contributed by atoms with Crippen LogP contribution in [0.15, 0.2) is 0 Å². The molecule has 1 fully saturated rings. The van der Waals surface area contributed by atoms with Crippen LogP contribution < -0.4 is 5.32 Å². The molecule has 0 aromatic heterocycles. The summed E-state index contributed by atoms with van der Waals surface area (Å²) in [5.41, 5.74) is 0. The molecule has 1 heterocycles. The molecule has 1 aliphatic heterocycles. The molecule has 0 amide bonds. The topological polar surface area (TPSA) is 21.8 Å². The molecule has 0 aliphatic carbocycles. The lowest BCUT2D eigenvalue weighted by molar-refractivity contribution is 0.0886. The van der Waals surface area contributed by atoms with E-state index in [1.165, 1.54) is 39.3 Å². The third-order valence-electron chi connectivity index (χ3n) is 4.36. The lowest BCUT2D eigenvalue weighted by Crippen LogP contribution is -2.52. The van der Waals surface area contributed by atoms with E-state index in [1.807, 2.05) is 0 Å². The van der Waals surface area contributed by atoms with Gasteiger partial charge in [0, 0.05) is 51.9 Å². The fraction of sp³-hybridized carbons (Fsp3) is 1.00. The Morgan fingerprint density at radius 3 is 2.42 bits per heavy atom. The van der Waals surface area contributed by atoms with Crippen molar-refractivity contribution in [1.82, 2.24) is 20.0 Å². The summed E-state index contributed by atoms with van der Waals surface area (Å²) >= 11 is 0. The number of nitrogens with one attached hydrogen (secondary N) is 1. The average Bonchev–Trinajstić information content (AvgIpc) is 2.43. The van der Waals surface area contributed by atoms with Crippen molar-refractivity contribution in [1.29, 1.82) is 0 Å². The second-order valence-electron chi connectivity index (χ2n) is 5.56. The molecule has 0 aromatic rings. The summed E-state index contributed by atoms with van der Waals surface area (Å²) in [5.74, 6) is 0. The van der Waals surface area contributed by atoms with Crippen molar-refractivity contribution in [2.75, 3.05) is 65.4 Å². The highest BCUT2D eigenvalue weighted by Crippen LogP contribution is 2.07. The summed E-state index contributed by atoms with van der Waals surface area (Å²) in [4.78, 5) is 7.64. The number of piperazine rings is 1. The minimum atomic E-state index is 0.717. The van der Waals surface area contributed by atoms with Crippen molar-refractivity contribution >= 4 is 0 Å². The molecule has 1 N–H and O–H groups in total. The zero-order chi connectivity index (χ0) is 14.1. The summed E-state index contributed by atoms with van der Waals surface area (Å²) in [7, 11) is 0. The highest BCUT2D eigenvalue weighted by atomic mass is 15.3. The number of hydrogen-bond donors (Lipinski definition) is 1. The molecule has 4 nitrogen and oxygen atoms in total. The predicted octanol–water partition coefficient (Wildman–Crippen LogP) is 0.944. The van der Waals surface area contributed by atoms with Crippen LogP contribution in [-0.2, 0) is 0 Å². The van der Waals surface area contributed by atoms with Gasteiger partial charge in [-0.25, -0.2) is 0 Å². The zero-order valence-corrected chi connectivity index (χ0v) is 13.5. The first-order valence-corrected chi connectivity index (χ1v) is 8.10. The van der Waals surface area contributed by atoms with Crippen molar-refractivity contribution < 1.29 is 0 Å². The number of hydrogen-bond acceptors (Lipinski definition) is 4. The van der Waals surface area contributed by atoms with E-state index in [0.717, 1.165) is 32.2 Å². The fourth-order valence-electron chi connectivity index (χ4n) is 2.88. The Kier molecular flexibility index (Phi) is 8.62. The van der Waals surface area contributed by atoms with Crippen LogP contribution in [0.4, 0.5) is 0 Å². The summed E-state index contributed by atoms with van der Waals surface area (Å²) < 4.78 is 0. The summed E-state index contributed by atoms with van der Waals surface area (Å²) in [6.45, 7) is 20.9. The molecule has 4 heteroatoms. The van der Waals surface area contributed by atoms with E-state index in [9.17, 15) is 0 Å². The van der Waals surface area contributed by atoms with Gasteiger partial charge in [0.25, 0.3) is 0 Å². The highest BCUT2D eigenvalue weighted by molar-refractivity contribution is 4.78. The highest BCUT2D eigenvalue weighted by Gasteiger charge is 2.21. The van der Waals surface area contributed by atoms with Gasteiger partial charge in [-0.05, 0) is 26.6 Å². The maximum absolute atomic E-state index is 3.57. The number of likely N-dealkylation sites (N-methyl/N-ethyl adjacent to an activating group) is 2. The van der Waals surface area contributed by atoms with Gasteiger partial charge in [0.15, 0.2) is 0 Å². The Hall–Kier alpha value is -0.160. The molecule has 1 unspecified atom stereocenters. The first kappa shape index (κ1) is 16.9. The molecule has 0 bridgehead atoms. The van der Waals surface area contributed by atoms with Gasteiger partial charge in [0.05, 0.1) is 0 Å². The van der Waals surface area contributed by atoms with Gasteiger partial charge in [-0.3, -0.25) is 9.80 Å². The Labute approximate surface area is 120 Å². The maximum Gasteiger partial charge on any atom is 0.0195 e. The molecule has 1 rings (SSSR count). The van der Waals surface area contributed by atoms with Crippen LogP contribution in [0.1, 0.15) is 27.7 Å². The first-order valence-electron chi connectivity index (χ1n) is 8.10. The van der Waals surface area contributed by atoms with Crippen LogP contribution >= 0.6 is 0 Å². The SMILES string of the molecule is CCN(CC)CCNCCN1CCN(CC)C(C)C1. The van der Waals surface area contributed by atoms with Gasteiger partial charge in [-0.15, -0.1) is 0 Å². The largest absolute Gasteiger partial charge is 0.314 e. The summed E-state index contributed by atoms with van der Waals surface area (Å²) in [5, 5.41) is 3.57. The Morgan fingerprint density at radius 1 is 1.11 bits per heavy atom. The normalized spacial score (nSPS) is 22.3. The van der Waals surface area contributed by atoms with Crippen LogP contribution in [0.25, 0.3) is 0 Å². The van der Waals surface area contributed by atoms with Crippen molar-refractivity contribution in [3.63, 3.8) is 0 Å². The fourth-order valence-corrected chi connectivity index (χ4v) is 2.88. The van der Waals surface area contributed by atoms with Crippen LogP contribution in [0, 0.1) is 0 Å². The van der Waals surface area contributed by atoms with Crippen molar-refractivity contribution in [2.45, 2.75) is 33.7 Å².